The summed E-state index contributed by atoms with van der Waals surface area (Å²) in [7, 11) is 0. The first kappa shape index (κ1) is 15.6. The predicted molar refractivity (Wildman–Crippen MR) is 88.2 cm³/mol. The van der Waals surface area contributed by atoms with Crippen LogP contribution in [0.4, 0.5) is 0 Å². The average molecular weight is 273 g/mol. The molecule has 0 amide bonds. The minimum absolute atomic E-state index is 0.758. The SMILES string of the molecule is Cc1cccc(C)c1CC1CCCC1CNCC(C)C. The van der Waals surface area contributed by atoms with E-state index in [-0.39, 0.29) is 0 Å². The Labute approximate surface area is 125 Å². The lowest BCUT2D eigenvalue weighted by Gasteiger charge is -2.22. The molecule has 1 N–H and O–H groups in total. The lowest BCUT2D eigenvalue weighted by Crippen LogP contribution is -2.29. The van der Waals surface area contributed by atoms with Crippen LogP contribution in [0.1, 0.15) is 49.8 Å². The monoisotopic (exact) mass is 273 g/mol. The van der Waals surface area contributed by atoms with Gasteiger partial charge in [-0.25, -0.2) is 0 Å². The second-order valence-electron chi connectivity index (χ2n) is 7.08. The maximum atomic E-state index is 3.67. The summed E-state index contributed by atoms with van der Waals surface area (Å²) in [6.07, 6.45) is 5.54. The number of benzene rings is 1. The molecule has 0 aliphatic heterocycles. The number of hydrogen-bond acceptors (Lipinski definition) is 1. The van der Waals surface area contributed by atoms with Gasteiger partial charge in [-0.2, -0.15) is 0 Å². The van der Waals surface area contributed by atoms with Crippen molar-refractivity contribution in [2.45, 2.75) is 53.4 Å². The highest BCUT2D eigenvalue weighted by atomic mass is 14.9. The topological polar surface area (TPSA) is 12.0 Å². The fourth-order valence-corrected chi connectivity index (χ4v) is 3.64. The van der Waals surface area contributed by atoms with E-state index in [9.17, 15) is 0 Å². The molecule has 112 valence electrons. The summed E-state index contributed by atoms with van der Waals surface area (Å²) in [5.74, 6) is 2.52. The highest BCUT2D eigenvalue weighted by molar-refractivity contribution is 5.34. The van der Waals surface area contributed by atoms with E-state index >= 15 is 0 Å². The van der Waals surface area contributed by atoms with Crippen LogP contribution in [0, 0.1) is 31.6 Å². The zero-order valence-corrected chi connectivity index (χ0v) is 13.7. The number of hydrogen-bond donors (Lipinski definition) is 1. The first-order valence-electron chi connectivity index (χ1n) is 8.33. The molecule has 0 radical (unpaired) electrons. The van der Waals surface area contributed by atoms with Gasteiger partial charge >= 0.3 is 0 Å². The number of rotatable bonds is 6. The van der Waals surface area contributed by atoms with Gasteiger partial charge in [-0.15, -0.1) is 0 Å². The van der Waals surface area contributed by atoms with Crippen molar-refractivity contribution in [1.29, 1.82) is 0 Å². The fourth-order valence-electron chi connectivity index (χ4n) is 3.64. The van der Waals surface area contributed by atoms with E-state index in [0.717, 1.165) is 24.3 Å². The molecule has 2 unspecified atom stereocenters. The van der Waals surface area contributed by atoms with Crippen LogP contribution in [-0.2, 0) is 6.42 Å². The van der Waals surface area contributed by atoms with Gasteiger partial charge in [0, 0.05) is 0 Å². The van der Waals surface area contributed by atoms with Crippen molar-refractivity contribution < 1.29 is 0 Å². The minimum Gasteiger partial charge on any atom is -0.316 e. The van der Waals surface area contributed by atoms with Crippen molar-refractivity contribution in [1.82, 2.24) is 5.32 Å². The zero-order valence-electron chi connectivity index (χ0n) is 13.7. The summed E-state index contributed by atoms with van der Waals surface area (Å²) < 4.78 is 0. The van der Waals surface area contributed by atoms with Gasteiger partial charge < -0.3 is 5.32 Å². The van der Waals surface area contributed by atoms with Crippen molar-refractivity contribution in [3.63, 3.8) is 0 Å². The Morgan fingerprint density at radius 3 is 2.40 bits per heavy atom. The Kier molecular flexibility index (Phi) is 5.65. The molecule has 1 aromatic rings. The molecule has 0 aromatic heterocycles. The largest absolute Gasteiger partial charge is 0.316 e. The van der Waals surface area contributed by atoms with E-state index in [0.29, 0.717) is 0 Å². The van der Waals surface area contributed by atoms with E-state index in [4.69, 9.17) is 0 Å². The summed E-state index contributed by atoms with van der Waals surface area (Å²) in [5.41, 5.74) is 4.56. The van der Waals surface area contributed by atoms with Gasteiger partial charge in [0.1, 0.15) is 0 Å². The molecule has 1 nitrogen and oxygen atoms in total. The number of nitrogens with one attached hydrogen (secondary N) is 1. The Hall–Kier alpha value is -0.820. The predicted octanol–water partition coefficient (Wildman–Crippen LogP) is 4.51. The third kappa shape index (κ3) is 4.09. The molecule has 0 bridgehead atoms. The van der Waals surface area contributed by atoms with Crippen LogP contribution in [-0.4, -0.2) is 13.1 Å². The first-order valence-corrected chi connectivity index (χ1v) is 8.33. The highest BCUT2D eigenvalue weighted by Crippen LogP contribution is 2.35. The smallest absolute Gasteiger partial charge is 0.00176 e. The summed E-state index contributed by atoms with van der Waals surface area (Å²) in [6, 6.07) is 6.72. The summed E-state index contributed by atoms with van der Waals surface area (Å²) in [5, 5.41) is 3.67. The van der Waals surface area contributed by atoms with Crippen molar-refractivity contribution >= 4 is 0 Å². The Balaban J connectivity index is 1.94. The molecular weight excluding hydrogens is 242 g/mol. The second kappa shape index (κ2) is 7.26. The Bertz CT molecular complexity index is 402. The maximum absolute atomic E-state index is 3.67. The number of aryl methyl sites for hydroxylation is 2. The molecule has 2 rings (SSSR count). The normalized spacial score (nSPS) is 22.6. The highest BCUT2D eigenvalue weighted by Gasteiger charge is 2.27. The van der Waals surface area contributed by atoms with Crippen LogP contribution in [0.3, 0.4) is 0 Å². The van der Waals surface area contributed by atoms with Crippen LogP contribution in [0.2, 0.25) is 0 Å². The van der Waals surface area contributed by atoms with Crippen LogP contribution >= 0.6 is 0 Å². The van der Waals surface area contributed by atoms with E-state index in [1.807, 2.05) is 0 Å². The Morgan fingerprint density at radius 1 is 1.10 bits per heavy atom. The molecule has 0 saturated heterocycles. The van der Waals surface area contributed by atoms with Gasteiger partial charge in [0.05, 0.1) is 0 Å². The molecule has 0 spiro atoms. The van der Waals surface area contributed by atoms with Crippen LogP contribution in [0.15, 0.2) is 18.2 Å². The van der Waals surface area contributed by atoms with E-state index in [1.165, 1.54) is 43.4 Å². The Morgan fingerprint density at radius 2 is 1.75 bits per heavy atom. The van der Waals surface area contributed by atoms with Gasteiger partial charge in [0.2, 0.25) is 0 Å². The van der Waals surface area contributed by atoms with E-state index < -0.39 is 0 Å². The summed E-state index contributed by atoms with van der Waals surface area (Å²) >= 11 is 0. The average Bonchev–Trinajstić information content (AvgIpc) is 2.81. The lowest BCUT2D eigenvalue weighted by molar-refractivity contribution is 0.356. The van der Waals surface area contributed by atoms with Gasteiger partial charge in [-0.1, -0.05) is 38.5 Å². The van der Waals surface area contributed by atoms with Gasteiger partial charge in [-0.3, -0.25) is 0 Å². The third-order valence-corrected chi connectivity index (χ3v) is 4.89. The molecule has 1 aliphatic rings. The summed E-state index contributed by atoms with van der Waals surface area (Å²) in [6.45, 7) is 11.5. The maximum Gasteiger partial charge on any atom is -0.00176 e. The van der Waals surface area contributed by atoms with Gasteiger partial charge in [-0.05, 0) is 80.6 Å². The molecule has 0 heterocycles. The van der Waals surface area contributed by atoms with Gasteiger partial charge in [0.15, 0.2) is 0 Å². The zero-order chi connectivity index (χ0) is 14.5. The molecule has 1 fully saturated rings. The quantitative estimate of drug-likeness (QED) is 0.804. The summed E-state index contributed by atoms with van der Waals surface area (Å²) in [4.78, 5) is 0. The molecule has 2 atom stereocenters. The van der Waals surface area contributed by atoms with Crippen molar-refractivity contribution in [3.05, 3.63) is 34.9 Å². The van der Waals surface area contributed by atoms with E-state index in [1.54, 1.807) is 5.56 Å². The lowest BCUT2D eigenvalue weighted by atomic mass is 9.86. The van der Waals surface area contributed by atoms with Crippen LogP contribution < -0.4 is 5.32 Å². The second-order valence-corrected chi connectivity index (χ2v) is 7.08. The van der Waals surface area contributed by atoms with Crippen molar-refractivity contribution in [2.24, 2.45) is 17.8 Å². The molecule has 1 aromatic carbocycles. The minimum atomic E-state index is 0.758. The standard InChI is InChI=1S/C19H31N/c1-14(2)12-20-13-18-10-6-9-17(18)11-19-15(3)7-5-8-16(19)4/h5,7-8,14,17-18,20H,6,9-13H2,1-4H3. The van der Waals surface area contributed by atoms with Crippen molar-refractivity contribution in [3.8, 4) is 0 Å². The molecule has 1 saturated carbocycles. The van der Waals surface area contributed by atoms with Crippen LogP contribution in [0.5, 0.6) is 0 Å². The first-order chi connectivity index (χ1) is 9.58. The van der Waals surface area contributed by atoms with Crippen molar-refractivity contribution in [2.75, 3.05) is 13.1 Å². The third-order valence-electron chi connectivity index (χ3n) is 4.89. The fraction of sp³-hybridized carbons (Fsp3) is 0.684. The van der Waals surface area contributed by atoms with E-state index in [2.05, 4.69) is 51.2 Å². The van der Waals surface area contributed by atoms with Crippen LogP contribution in [0.25, 0.3) is 0 Å². The van der Waals surface area contributed by atoms with Gasteiger partial charge in [0.25, 0.3) is 0 Å². The molecule has 1 heteroatoms. The molecule has 1 aliphatic carbocycles. The molecular formula is C19H31N. The molecule has 20 heavy (non-hydrogen) atoms.